The van der Waals surface area contributed by atoms with Gasteiger partial charge in [-0.3, -0.25) is 0 Å². The predicted octanol–water partition coefficient (Wildman–Crippen LogP) is 4.12. The minimum absolute atomic E-state index is 0.233. The van der Waals surface area contributed by atoms with Gasteiger partial charge in [0.25, 0.3) is 0 Å². The molecule has 1 aliphatic carbocycles. The number of hydrogen-bond acceptors (Lipinski definition) is 3. The standard InChI is InChI=1S/C13H21NS2/c1-10-7-11(8-15-10)13(14)9-16-12-5-3-2-4-6-12/h7-8,12-13H,2-6,9,14H2,1H3. The predicted molar refractivity (Wildman–Crippen MR) is 75.3 cm³/mol. The van der Waals surface area contributed by atoms with Crippen LogP contribution in [0.3, 0.4) is 0 Å². The molecule has 1 aromatic heterocycles. The van der Waals surface area contributed by atoms with Gasteiger partial charge in [0.2, 0.25) is 0 Å². The molecule has 0 aliphatic heterocycles. The van der Waals surface area contributed by atoms with Crippen molar-refractivity contribution in [2.24, 2.45) is 5.73 Å². The molecule has 1 saturated carbocycles. The normalized spacial score (nSPS) is 19.9. The zero-order chi connectivity index (χ0) is 11.4. The molecule has 1 aromatic rings. The maximum atomic E-state index is 6.21. The molecular formula is C13H21NS2. The Morgan fingerprint density at radius 2 is 2.19 bits per heavy atom. The van der Waals surface area contributed by atoms with Gasteiger partial charge in [-0.25, -0.2) is 0 Å². The van der Waals surface area contributed by atoms with Crippen molar-refractivity contribution in [3.63, 3.8) is 0 Å². The zero-order valence-electron chi connectivity index (χ0n) is 9.95. The highest BCUT2D eigenvalue weighted by Crippen LogP contribution is 2.31. The van der Waals surface area contributed by atoms with E-state index in [0.29, 0.717) is 0 Å². The van der Waals surface area contributed by atoms with E-state index in [4.69, 9.17) is 5.73 Å². The fourth-order valence-corrected chi connectivity index (χ4v) is 4.33. The van der Waals surface area contributed by atoms with Crippen LogP contribution in [0.4, 0.5) is 0 Å². The van der Waals surface area contributed by atoms with Crippen molar-refractivity contribution in [2.45, 2.75) is 50.3 Å². The topological polar surface area (TPSA) is 26.0 Å². The van der Waals surface area contributed by atoms with Crippen LogP contribution in [0.25, 0.3) is 0 Å². The Kier molecular flexibility index (Phi) is 4.74. The summed E-state index contributed by atoms with van der Waals surface area (Å²) in [6.07, 6.45) is 7.09. The van der Waals surface area contributed by atoms with Crippen LogP contribution in [0.15, 0.2) is 11.4 Å². The molecule has 90 valence electrons. The largest absolute Gasteiger partial charge is 0.323 e. The van der Waals surface area contributed by atoms with E-state index < -0.39 is 0 Å². The van der Waals surface area contributed by atoms with E-state index in [9.17, 15) is 0 Å². The number of aryl methyl sites for hydroxylation is 1. The van der Waals surface area contributed by atoms with Gasteiger partial charge >= 0.3 is 0 Å². The molecule has 0 bridgehead atoms. The van der Waals surface area contributed by atoms with E-state index in [2.05, 4.69) is 30.1 Å². The fourth-order valence-electron chi connectivity index (χ4n) is 2.23. The van der Waals surface area contributed by atoms with Gasteiger partial charge in [0.15, 0.2) is 0 Å². The molecule has 16 heavy (non-hydrogen) atoms. The Bertz CT molecular complexity index is 315. The summed E-state index contributed by atoms with van der Waals surface area (Å²) in [4.78, 5) is 1.37. The molecule has 1 nitrogen and oxygen atoms in total. The van der Waals surface area contributed by atoms with E-state index in [1.54, 1.807) is 11.3 Å². The summed E-state index contributed by atoms with van der Waals surface area (Å²) < 4.78 is 0. The van der Waals surface area contributed by atoms with Crippen molar-refractivity contribution < 1.29 is 0 Å². The van der Waals surface area contributed by atoms with Gasteiger partial charge in [0.05, 0.1) is 0 Å². The lowest BCUT2D eigenvalue weighted by molar-refractivity contribution is 0.515. The van der Waals surface area contributed by atoms with Crippen molar-refractivity contribution >= 4 is 23.1 Å². The molecule has 1 aliphatic rings. The van der Waals surface area contributed by atoms with E-state index in [1.807, 2.05) is 0 Å². The Balaban J connectivity index is 1.76. The van der Waals surface area contributed by atoms with Crippen LogP contribution in [-0.2, 0) is 0 Å². The molecule has 0 radical (unpaired) electrons. The van der Waals surface area contributed by atoms with Crippen molar-refractivity contribution in [2.75, 3.05) is 5.75 Å². The molecule has 0 aromatic carbocycles. The zero-order valence-corrected chi connectivity index (χ0v) is 11.6. The summed E-state index contributed by atoms with van der Waals surface area (Å²) in [7, 11) is 0. The van der Waals surface area contributed by atoms with Gasteiger partial charge in [-0.05, 0) is 36.8 Å². The molecule has 1 fully saturated rings. The van der Waals surface area contributed by atoms with Gasteiger partial charge in [0, 0.05) is 21.9 Å². The third kappa shape index (κ3) is 3.51. The van der Waals surface area contributed by atoms with Crippen molar-refractivity contribution in [3.8, 4) is 0 Å². The van der Waals surface area contributed by atoms with Gasteiger partial charge in [-0.1, -0.05) is 19.3 Å². The molecule has 1 atom stereocenters. The quantitative estimate of drug-likeness (QED) is 0.875. The summed E-state index contributed by atoms with van der Waals surface area (Å²) in [5, 5.41) is 3.08. The second kappa shape index (κ2) is 6.08. The highest BCUT2D eigenvalue weighted by Gasteiger charge is 2.16. The van der Waals surface area contributed by atoms with Gasteiger partial charge in [0.1, 0.15) is 0 Å². The van der Waals surface area contributed by atoms with Crippen LogP contribution in [0.1, 0.15) is 48.6 Å². The Labute approximate surface area is 107 Å². The van der Waals surface area contributed by atoms with Gasteiger partial charge < -0.3 is 5.73 Å². The fraction of sp³-hybridized carbons (Fsp3) is 0.692. The number of hydrogen-bond donors (Lipinski definition) is 1. The number of thioether (sulfide) groups is 1. The molecular weight excluding hydrogens is 234 g/mol. The molecule has 0 amide bonds. The third-order valence-electron chi connectivity index (χ3n) is 3.24. The lowest BCUT2D eigenvalue weighted by atomic mass is 10.0. The highest BCUT2D eigenvalue weighted by molar-refractivity contribution is 7.99. The highest BCUT2D eigenvalue weighted by atomic mass is 32.2. The van der Waals surface area contributed by atoms with E-state index >= 15 is 0 Å². The Morgan fingerprint density at radius 3 is 2.81 bits per heavy atom. The van der Waals surface area contributed by atoms with Crippen molar-refractivity contribution in [1.82, 2.24) is 0 Å². The molecule has 0 saturated heterocycles. The van der Waals surface area contributed by atoms with E-state index in [0.717, 1.165) is 11.0 Å². The van der Waals surface area contributed by atoms with Crippen LogP contribution in [0.5, 0.6) is 0 Å². The first-order chi connectivity index (χ1) is 7.75. The third-order valence-corrected chi connectivity index (χ3v) is 5.62. The average molecular weight is 255 g/mol. The Hall–Kier alpha value is 0.01000. The lowest BCUT2D eigenvalue weighted by Gasteiger charge is -2.22. The molecule has 3 heteroatoms. The summed E-state index contributed by atoms with van der Waals surface area (Å²) in [6, 6.07) is 2.47. The SMILES string of the molecule is Cc1cc(C(N)CSC2CCCCC2)cs1. The number of thiophene rings is 1. The van der Waals surface area contributed by atoms with Crippen molar-refractivity contribution in [3.05, 3.63) is 21.9 Å². The number of rotatable bonds is 4. The Morgan fingerprint density at radius 1 is 1.44 bits per heavy atom. The second-order valence-electron chi connectivity index (χ2n) is 4.69. The van der Waals surface area contributed by atoms with Crippen LogP contribution in [-0.4, -0.2) is 11.0 Å². The monoisotopic (exact) mass is 255 g/mol. The van der Waals surface area contributed by atoms with Gasteiger partial charge in [-0.15, -0.1) is 11.3 Å². The maximum absolute atomic E-state index is 6.21. The maximum Gasteiger partial charge on any atom is 0.0395 e. The van der Waals surface area contributed by atoms with Crippen LogP contribution >= 0.6 is 23.1 Å². The molecule has 2 N–H and O–H groups in total. The molecule has 2 rings (SSSR count). The summed E-state index contributed by atoms with van der Waals surface area (Å²) in [5.41, 5.74) is 7.54. The smallest absolute Gasteiger partial charge is 0.0395 e. The van der Waals surface area contributed by atoms with E-state index in [-0.39, 0.29) is 6.04 Å². The minimum atomic E-state index is 0.233. The summed E-state index contributed by atoms with van der Waals surface area (Å²) in [6.45, 7) is 2.15. The molecule has 0 spiro atoms. The first kappa shape index (κ1) is 12.5. The summed E-state index contributed by atoms with van der Waals surface area (Å²) in [5.74, 6) is 1.08. The average Bonchev–Trinajstić information content (AvgIpc) is 2.74. The van der Waals surface area contributed by atoms with Crippen LogP contribution < -0.4 is 5.73 Å². The van der Waals surface area contributed by atoms with Crippen LogP contribution in [0.2, 0.25) is 0 Å². The molecule has 1 heterocycles. The summed E-state index contributed by atoms with van der Waals surface area (Å²) >= 11 is 3.89. The van der Waals surface area contributed by atoms with E-state index in [1.165, 1.54) is 42.5 Å². The second-order valence-corrected chi connectivity index (χ2v) is 7.14. The van der Waals surface area contributed by atoms with Gasteiger partial charge in [-0.2, -0.15) is 11.8 Å². The minimum Gasteiger partial charge on any atom is -0.323 e. The van der Waals surface area contributed by atoms with Crippen LogP contribution in [0, 0.1) is 6.92 Å². The number of nitrogens with two attached hydrogens (primary N) is 1. The van der Waals surface area contributed by atoms with Crippen molar-refractivity contribution in [1.29, 1.82) is 0 Å². The molecule has 1 unspecified atom stereocenters. The lowest BCUT2D eigenvalue weighted by Crippen LogP contribution is -2.16. The first-order valence-electron chi connectivity index (χ1n) is 6.18. The first-order valence-corrected chi connectivity index (χ1v) is 8.11.